The topological polar surface area (TPSA) is 66.9 Å². The number of halogens is 3. The Kier molecular flexibility index (Phi) is 5.80. The molecule has 1 aliphatic rings. The number of carbonyl (C=O) groups excluding carboxylic acids is 1. The number of para-hydroxylation sites is 1. The summed E-state index contributed by atoms with van der Waals surface area (Å²) in [6.45, 7) is 1.84. The number of alkyl halides is 3. The smallest absolute Gasteiger partial charge is 0.382 e. The van der Waals surface area contributed by atoms with Gasteiger partial charge in [-0.15, -0.1) is 0 Å². The van der Waals surface area contributed by atoms with E-state index in [0.717, 1.165) is 37.3 Å². The number of hydrogen-bond acceptors (Lipinski definition) is 4. The molecule has 2 heterocycles. The van der Waals surface area contributed by atoms with Crippen molar-refractivity contribution in [3.8, 4) is 0 Å². The molecule has 0 aliphatic heterocycles. The maximum atomic E-state index is 13.3. The number of benzene rings is 1. The summed E-state index contributed by atoms with van der Waals surface area (Å²) in [7, 11) is 0. The predicted molar refractivity (Wildman–Crippen MR) is 113 cm³/mol. The molecule has 4 rings (SSSR count). The van der Waals surface area contributed by atoms with Crippen molar-refractivity contribution in [2.75, 3.05) is 5.32 Å². The summed E-state index contributed by atoms with van der Waals surface area (Å²) in [6, 6.07) is 11.6. The standard InChI is InChI=1S/C23H23F3N4O/c1-14-5-4-12-27-21(14)22(31)29-16-10-8-15(9-11-16)28-19-13-20(23(24,25)26)30-18-7-3-2-6-17(18)19/h2-7,12-13,15-16H,8-11H2,1H3,(H,28,30)(H,29,31). The van der Waals surface area contributed by atoms with Crippen molar-refractivity contribution in [1.82, 2.24) is 15.3 Å². The average Bonchev–Trinajstić information content (AvgIpc) is 2.74. The van der Waals surface area contributed by atoms with Crippen LogP contribution in [0.25, 0.3) is 10.9 Å². The highest BCUT2D eigenvalue weighted by molar-refractivity contribution is 5.94. The van der Waals surface area contributed by atoms with Crippen LogP contribution in [0, 0.1) is 6.92 Å². The zero-order valence-corrected chi connectivity index (χ0v) is 17.0. The van der Waals surface area contributed by atoms with Gasteiger partial charge < -0.3 is 10.6 Å². The fraction of sp³-hybridized carbons (Fsp3) is 0.348. The molecule has 0 radical (unpaired) electrons. The highest BCUT2D eigenvalue weighted by Gasteiger charge is 2.34. The molecule has 0 atom stereocenters. The summed E-state index contributed by atoms with van der Waals surface area (Å²) in [5.74, 6) is -0.190. The van der Waals surface area contributed by atoms with Gasteiger partial charge >= 0.3 is 6.18 Å². The molecule has 31 heavy (non-hydrogen) atoms. The Bertz CT molecular complexity index is 1090. The Labute approximate surface area is 178 Å². The lowest BCUT2D eigenvalue weighted by molar-refractivity contribution is -0.140. The van der Waals surface area contributed by atoms with E-state index in [4.69, 9.17) is 0 Å². The molecule has 2 aromatic heterocycles. The van der Waals surface area contributed by atoms with Crippen molar-refractivity contribution in [2.45, 2.75) is 50.9 Å². The summed E-state index contributed by atoms with van der Waals surface area (Å²) in [5.41, 5.74) is 1.09. The number of hydrogen-bond donors (Lipinski definition) is 2. The van der Waals surface area contributed by atoms with Gasteiger partial charge in [0.1, 0.15) is 11.4 Å². The molecule has 1 aromatic carbocycles. The van der Waals surface area contributed by atoms with Crippen LogP contribution in [0.1, 0.15) is 47.4 Å². The zero-order valence-electron chi connectivity index (χ0n) is 17.0. The van der Waals surface area contributed by atoms with E-state index in [1.807, 2.05) is 13.0 Å². The first-order valence-corrected chi connectivity index (χ1v) is 10.3. The van der Waals surface area contributed by atoms with Crippen LogP contribution in [0.15, 0.2) is 48.7 Å². The largest absolute Gasteiger partial charge is 0.433 e. The van der Waals surface area contributed by atoms with Crippen molar-refractivity contribution in [3.63, 3.8) is 0 Å². The first kappa shape index (κ1) is 21.1. The maximum Gasteiger partial charge on any atom is 0.433 e. The molecule has 1 aliphatic carbocycles. The molecular formula is C23H23F3N4O. The van der Waals surface area contributed by atoms with Gasteiger partial charge in [0.15, 0.2) is 0 Å². The number of aromatic nitrogens is 2. The number of amides is 1. The molecule has 0 spiro atoms. The first-order chi connectivity index (χ1) is 14.8. The molecule has 5 nitrogen and oxygen atoms in total. The van der Waals surface area contributed by atoms with Crippen molar-refractivity contribution in [2.24, 2.45) is 0 Å². The van der Waals surface area contributed by atoms with E-state index < -0.39 is 11.9 Å². The van der Waals surface area contributed by atoms with Gasteiger partial charge in [-0.25, -0.2) is 4.98 Å². The predicted octanol–water partition coefficient (Wildman–Crippen LogP) is 5.11. The van der Waals surface area contributed by atoms with Gasteiger partial charge in [0.05, 0.1) is 5.52 Å². The molecule has 3 aromatic rings. The van der Waals surface area contributed by atoms with Crippen LogP contribution in [0.5, 0.6) is 0 Å². The normalized spacial score (nSPS) is 19.2. The SMILES string of the molecule is Cc1cccnc1C(=O)NC1CCC(Nc2cc(C(F)(F)F)nc3ccccc23)CC1. The number of nitrogens with one attached hydrogen (secondary N) is 2. The molecule has 2 N–H and O–H groups in total. The fourth-order valence-electron chi connectivity index (χ4n) is 4.02. The molecular weight excluding hydrogens is 405 g/mol. The quantitative estimate of drug-likeness (QED) is 0.606. The van der Waals surface area contributed by atoms with E-state index >= 15 is 0 Å². The third-order valence-corrected chi connectivity index (χ3v) is 5.65. The van der Waals surface area contributed by atoms with E-state index in [9.17, 15) is 18.0 Å². The first-order valence-electron chi connectivity index (χ1n) is 10.3. The lowest BCUT2D eigenvalue weighted by Gasteiger charge is -2.30. The molecule has 1 saturated carbocycles. The minimum atomic E-state index is -4.51. The maximum absolute atomic E-state index is 13.3. The van der Waals surface area contributed by atoms with Crippen LogP contribution in [0.4, 0.5) is 18.9 Å². The van der Waals surface area contributed by atoms with Crippen molar-refractivity contribution >= 4 is 22.5 Å². The van der Waals surface area contributed by atoms with Crippen LogP contribution in [-0.2, 0) is 6.18 Å². The Balaban J connectivity index is 1.43. The third-order valence-electron chi connectivity index (χ3n) is 5.65. The van der Waals surface area contributed by atoms with Crippen LogP contribution in [-0.4, -0.2) is 28.0 Å². The fourth-order valence-corrected chi connectivity index (χ4v) is 4.02. The Hall–Kier alpha value is -3.16. The zero-order chi connectivity index (χ0) is 22.0. The molecule has 0 saturated heterocycles. The van der Waals surface area contributed by atoms with E-state index in [2.05, 4.69) is 20.6 Å². The van der Waals surface area contributed by atoms with Crippen molar-refractivity contribution in [1.29, 1.82) is 0 Å². The molecule has 1 amide bonds. The van der Waals surface area contributed by atoms with Gasteiger partial charge in [-0.05, 0) is 56.4 Å². The number of anilines is 1. The van der Waals surface area contributed by atoms with Crippen LogP contribution in [0.2, 0.25) is 0 Å². The second-order valence-corrected chi connectivity index (χ2v) is 7.91. The van der Waals surface area contributed by atoms with Gasteiger partial charge in [-0.3, -0.25) is 9.78 Å². The van der Waals surface area contributed by atoms with Crippen LogP contribution >= 0.6 is 0 Å². The minimum absolute atomic E-state index is 0.0203. The van der Waals surface area contributed by atoms with Gasteiger partial charge in [-0.2, -0.15) is 13.2 Å². The average molecular weight is 428 g/mol. The van der Waals surface area contributed by atoms with Crippen LogP contribution < -0.4 is 10.6 Å². The molecule has 162 valence electrons. The summed E-state index contributed by atoms with van der Waals surface area (Å²) in [5, 5.41) is 6.98. The third kappa shape index (κ3) is 4.78. The lowest BCUT2D eigenvalue weighted by atomic mass is 9.90. The number of aryl methyl sites for hydroxylation is 1. The second-order valence-electron chi connectivity index (χ2n) is 7.91. The lowest BCUT2D eigenvalue weighted by Crippen LogP contribution is -2.40. The summed E-state index contributed by atoms with van der Waals surface area (Å²) < 4.78 is 39.8. The summed E-state index contributed by atoms with van der Waals surface area (Å²) >= 11 is 0. The Morgan fingerprint density at radius 3 is 2.45 bits per heavy atom. The Morgan fingerprint density at radius 2 is 1.74 bits per heavy atom. The molecule has 0 unspecified atom stereocenters. The van der Waals surface area contributed by atoms with E-state index in [-0.39, 0.29) is 18.0 Å². The van der Waals surface area contributed by atoms with Gasteiger partial charge in [-0.1, -0.05) is 24.3 Å². The van der Waals surface area contributed by atoms with Gasteiger partial charge in [0.25, 0.3) is 5.91 Å². The highest BCUT2D eigenvalue weighted by Crippen LogP contribution is 2.34. The van der Waals surface area contributed by atoms with Gasteiger partial charge in [0, 0.05) is 29.4 Å². The van der Waals surface area contributed by atoms with Crippen LogP contribution in [0.3, 0.4) is 0 Å². The molecule has 1 fully saturated rings. The van der Waals surface area contributed by atoms with E-state index in [1.54, 1.807) is 36.5 Å². The number of fused-ring (bicyclic) bond motifs is 1. The minimum Gasteiger partial charge on any atom is -0.382 e. The summed E-state index contributed by atoms with van der Waals surface area (Å²) in [6.07, 6.45) is 0.0478. The number of carbonyl (C=O) groups is 1. The highest BCUT2D eigenvalue weighted by atomic mass is 19.4. The van der Waals surface area contributed by atoms with Crippen molar-refractivity contribution < 1.29 is 18.0 Å². The monoisotopic (exact) mass is 428 g/mol. The van der Waals surface area contributed by atoms with E-state index in [1.165, 1.54) is 0 Å². The Morgan fingerprint density at radius 1 is 1.03 bits per heavy atom. The second kappa shape index (κ2) is 8.53. The van der Waals surface area contributed by atoms with Crippen molar-refractivity contribution in [3.05, 3.63) is 65.6 Å². The number of nitrogens with zero attached hydrogens (tertiary/aromatic N) is 2. The number of pyridine rings is 2. The molecule has 0 bridgehead atoms. The number of rotatable bonds is 4. The summed E-state index contributed by atoms with van der Waals surface area (Å²) in [4.78, 5) is 20.4. The van der Waals surface area contributed by atoms with Gasteiger partial charge in [0.2, 0.25) is 0 Å². The molecule has 8 heteroatoms. The van der Waals surface area contributed by atoms with E-state index in [0.29, 0.717) is 22.3 Å².